The molecular weight excluding hydrogens is 302 g/mol. The average Bonchev–Trinajstić information content (AvgIpc) is 2.94. The summed E-state index contributed by atoms with van der Waals surface area (Å²) >= 11 is 5.93. The first kappa shape index (κ1) is 14.4. The fourth-order valence-electron chi connectivity index (χ4n) is 2.40. The molecule has 1 fully saturated rings. The Hall–Kier alpha value is -1.52. The highest BCUT2D eigenvalue weighted by Crippen LogP contribution is 2.36. The van der Waals surface area contributed by atoms with Gasteiger partial charge in [-0.25, -0.2) is 4.98 Å². The molecule has 3 heterocycles. The number of hydrogen-bond acceptors (Lipinski definition) is 8. The van der Waals surface area contributed by atoms with Gasteiger partial charge in [0.05, 0.1) is 12.9 Å². The Balaban J connectivity index is 2.02. The lowest BCUT2D eigenvalue weighted by atomic mass is 9.95. The van der Waals surface area contributed by atoms with Crippen LogP contribution in [-0.2, 0) is 4.74 Å². The lowest BCUT2D eigenvalue weighted by Gasteiger charge is -2.25. The SMILES string of the molecule is Nc1nc(Cl)c2ncn([C@@H]3OCC(O)(CCO)C3O)c2n1. The van der Waals surface area contributed by atoms with Gasteiger partial charge in [-0.3, -0.25) is 4.57 Å². The van der Waals surface area contributed by atoms with E-state index in [4.69, 9.17) is 27.2 Å². The molecule has 2 aromatic rings. The molecule has 10 heteroatoms. The molecule has 114 valence electrons. The van der Waals surface area contributed by atoms with E-state index in [0.717, 1.165) is 0 Å². The van der Waals surface area contributed by atoms with E-state index in [1.54, 1.807) is 0 Å². The molecule has 0 spiro atoms. The van der Waals surface area contributed by atoms with Crippen molar-refractivity contribution in [3.05, 3.63) is 11.5 Å². The molecule has 2 aromatic heterocycles. The first-order valence-electron chi connectivity index (χ1n) is 6.25. The molecule has 2 unspecified atom stereocenters. The Labute approximate surface area is 124 Å². The third-order valence-electron chi connectivity index (χ3n) is 3.54. The van der Waals surface area contributed by atoms with Crippen LogP contribution in [0.5, 0.6) is 0 Å². The van der Waals surface area contributed by atoms with E-state index >= 15 is 0 Å². The van der Waals surface area contributed by atoms with Gasteiger partial charge in [-0.05, 0) is 0 Å². The second-order valence-electron chi connectivity index (χ2n) is 4.92. The predicted octanol–water partition coefficient (Wildman–Crippen LogP) is -0.935. The van der Waals surface area contributed by atoms with Crippen molar-refractivity contribution in [2.75, 3.05) is 18.9 Å². The van der Waals surface area contributed by atoms with Gasteiger partial charge in [0.25, 0.3) is 0 Å². The highest BCUT2D eigenvalue weighted by Gasteiger charge is 2.48. The van der Waals surface area contributed by atoms with E-state index in [9.17, 15) is 10.2 Å². The Bertz CT molecular complexity index is 680. The van der Waals surface area contributed by atoms with Gasteiger partial charge in [-0.15, -0.1) is 0 Å². The highest BCUT2D eigenvalue weighted by atomic mass is 35.5. The number of fused-ring (bicyclic) bond motifs is 1. The minimum atomic E-state index is -1.53. The molecule has 3 rings (SSSR count). The number of nitrogens with zero attached hydrogens (tertiary/aromatic N) is 4. The molecule has 1 saturated heterocycles. The lowest BCUT2D eigenvalue weighted by molar-refractivity contribution is -0.0708. The fraction of sp³-hybridized carbons (Fsp3) is 0.545. The monoisotopic (exact) mass is 315 g/mol. The van der Waals surface area contributed by atoms with Crippen molar-refractivity contribution >= 4 is 28.7 Å². The number of nitrogen functional groups attached to an aromatic ring is 1. The Morgan fingerprint density at radius 3 is 3.00 bits per heavy atom. The van der Waals surface area contributed by atoms with Crippen LogP contribution in [0.1, 0.15) is 12.6 Å². The van der Waals surface area contributed by atoms with E-state index in [-0.39, 0.29) is 30.7 Å². The Morgan fingerprint density at radius 2 is 2.29 bits per heavy atom. The van der Waals surface area contributed by atoms with Crippen molar-refractivity contribution in [1.29, 1.82) is 0 Å². The molecule has 0 bridgehead atoms. The zero-order valence-corrected chi connectivity index (χ0v) is 11.6. The molecule has 0 saturated carbocycles. The van der Waals surface area contributed by atoms with Crippen LogP contribution in [0.4, 0.5) is 5.95 Å². The van der Waals surface area contributed by atoms with Crippen LogP contribution < -0.4 is 5.73 Å². The van der Waals surface area contributed by atoms with E-state index < -0.39 is 17.9 Å². The van der Waals surface area contributed by atoms with Gasteiger partial charge in [0.2, 0.25) is 5.95 Å². The van der Waals surface area contributed by atoms with Crippen molar-refractivity contribution in [3.63, 3.8) is 0 Å². The molecule has 0 amide bonds. The normalized spacial score (nSPS) is 29.3. The van der Waals surface area contributed by atoms with E-state index in [2.05, 4.69) is 15.0 Å². The molecular formula is C11H14ClN5O4. The summed E-state index contributed by atoms with van der Waals surface area (Å²) in [5.74, 6) is -0.0349. The van der Waals surface area contributed by atoms with Crippen LogP contribution in [0.2, 0.25) is 5.15 Å². The van der Waals surface area contributed by atoms with Crippen LogP contribution in [-0.4, -0.2) is 59.8 Å². The summed E-state index contributed by atoms with van der Waals surface area (Å²) in [5, 5.41) is 29.6. The number of anilines is 1. The zero-order chi connectivity index (χ0) is 15.2. The standard InChI is InChI=1S/C11H14ClN5O4/c12-7-5-8(16-10(13)15-7)17(4-14-5)9-6(19)11(20,1-2-18)3-21-9/h4,6,9,18-20H,1-3H2,(H2,13,15,16)/t6?,9-,11?/m1/s1. The molecule has 0 aromatic carbocycles. The molecule has 3 atom stereocenters. The van der Waals surface area contributed by atoms with E-state index in [1.807, 2.05) is 0 Å². The maximum absolute atomic E-state index is 10.3. The van der Waals surface area contributed by atoms with Gasteiger partial charge in [-0.2, -0.15) is 9.97 Å². The molecule has 0 radical (unpaired) electrons. The first-order chi connectivity index (χ1) is 9.96. The minimum Gasteiger partial charge on any atom is -0.396 e. The van der Waals surface area contributed by atoms with Crippen molar-refractivity contribution in [2.24, 2.45) is 0 Å². The number of nitrogens with two attached hydrogens (primary N) is 1. The van der Waals surface area contributed by atoms with E-state index in [0.29, 0.717) is 11.2 Å². The number of aromatic nitrogens is 4. The maximum Gasteiger partial charge on any atom is 0.223 e. The summed E-state index contributed by atoms with van der Waals surface area (Å²) in [6.45, 7) is -0.386. The van der Waals surface area contributed by atoms with Crippen LogP contribution in [0.15, 0.2) is 6.33 Å². The average molecular weight is 316 g/mol. The molecule has 0 aliphatic carbocycles. The van der Waals surface area contributed by atoms with Gasteiger partial charge in [0.15, 0.2) is 17.0 Å². The van der Waals surface area contributed by atoms with Crippen LogP contribution in [0, 0.1) is 0 Å². The number of ether oxygens (including phenoxy) is 1. The third kappa shape index (κ3) is 2.23. The molecule has 1 aliphatic rings. The Kier molecular flexibility index (Phi) is 3.46. The van der Waals surface area contributed by atoms with Crippen molar-refractivity contribution < 1.29 is 20.1 Å². The van der Waals surface area contributed by atoms with Gasteiger partial charge in [-0.1, -0.05) is 11.6 Å². The molecule has 21 heavy (non-hydrogen) atoms. The topological polar surface area (TPSA) is 140 Å². The summed E-state index contributed by atoms with van der Waals surface area (Å²) in [7, 11) is 0. The van der Waals surface area contributed by atoms with Crippen LogP contribution in [0.3, 0.4) is 0 Å². The third-order valence-corrected chi connectivity index (χ3v) is 3.80. The summed E-state index contributed by atoms with van der Waals surface area (Å²) in [5.41, 5.74) is 4.64. The van der Waals surface area contributed by atoms with Gasteiger partial charge < -0.3 is 25.8 Å². The number of hydrogen-bond donors (Lipinski definition) is 4. The van der Waals surface area contributed by atoms with Crippen LogP contribution >= 0.6 is 11.6 Å². The quantitative estimate of drug-likeness (QED) is 0.532. The molecule has 1 aliphatic heterocycles. The van der Waals surface area contributed by atoms with Gasteiger partial charge in [0, 0.05) is 13.0 Å². The van der Waals surface area contributed by atoms with Crippen molar-refractivity contribution in [3.8, 4) is 0 Å². The minimum absolute atomic E-state index is 0.00479. The second-order valence-corrected chi connectivity index (χ2v) is 5.28. The largest absolute Gasteiger partial charge is 0.396 e. The number of halogens is 1. The van der Waals surface area contributed by atoms with Crippen molar-refractivity contribution in [2.45, 2.75) is 24.4 Å². The number of rotatable bonds is 3. The maximum atomic E-state index is 10.3. The van der Waals surface area contributed by atoms with Gasteiger partial charge >= 0.3 is 0 Å². The van der Waals surface area contributed by atoms with Gasteiger partial charge in [0.1, 0.15) is 17.2 Å². The van der Waals surface area contributed by atoms with E-state index in [1.165, 1.54) is 10.9 Å². The smallest absolute Gasteiger partial charge is 0.223 e. The number of imidazole rings is 1. The first-order valence-corrected chi connectivity index (χ1v) is 6.62. The fourth-order valence-corrected chi connectivity index (χ4v) is 2.62. The summed E-state index contributed by atoms with van der Waals surface area (Å²) < 4.78 is 6.86. The predicted molar refractivity (Wildman–Crippen MR) is 72.4 cm³/mol. The summed E-state index contributed by atoms with van der Waals surface area (Å²) in [4.78, 5) is 11.9. The molecule has 9 nitrogen and oxygen atoms in total. The lowest BCUT2D eigenvalue weighted by Crippen LogP contribution is -2.43. The zero-order valence-electron chi connectivity index (χ0n) is 10.8. The summed E-state index contributed by atoms with van der Waals surface area (Å²) in [6, 6.07) is 0. The number of aliphatic hydroxyl groups excluding tert-OH is 2. The van der Waals surface area contributed by atoms with Crippen molar-refractivity contribution in [1.82, 2.24) is 19.5 Å². The number of aliphatic hydroxyl groups is 3. The molecule has 5 N–H and O–H groups in total. The highest BCUT2D eigenvalue weighted by molar-refractivity contribution is 6.33. The van der Waals surface area contributed by atoms with Crippen LogP contribution in [0.25, 0.3) is 11.2 Å². The Morgan fingerprint density at radius 1 is 1.52 bits per heavy atom. The summed E-state index contributed by atoms with van der Waals surface area (Å²) in [6.07, 6.45) is -0.785. The second kappa shape index (κ2) is 5.04.